The maximum Gasteiger partial charge on any atom is 0.328 e. The van der Waals surface area contributed by atoms with E-state index in [9.17, 15) is 38.7 Å². The van der Waals surface area contributed by atoms with Gasteiger partial charge in [-0.25, -0.2) is 4.79 Å². The van der Waals surface area contributed by atoms with Crippen molar-refractivity contribution in [1.82, 2.24) is 31.1 Å². The second kappa shape index (κ2) is 34.8. The Morgan fingerprint density at radius 3 is 2.05 bits per heavy atom. The fraction of sp³-hybridized carbons (Fsp3) is 0.759. The third-order valence-corrected chi connectivity index (χ3v) is 13.7. The van der Waals surface area contributed by atoms with E-state index in [1.807, 2.05) is 97.8 Å². The molecule has 422 valence electrons. The number of amides is 5. The van der Waals surface area contributed by atoms with E-state index in [0.717, 1.165) is 5.56 Å². The van der Waals surface area contributed by atoms with Crippen molar-refractivity contribution in [2.75, 3.05) is 68.3 Å². The Bertz CT molecular complexity index is 1840. The van der Waals surface area contributed by atoms with Gasteiger partial charge in [0.15, 0.2) is 6.29 Å². The number of esters is 2. The zero-order chi connectivity index (χ0) is 55.5. The summed E-state index contributed by atoms with van der Waals surface area (Å²) < 4.78 is 33.5. The summed E-state index contributed by atoms with van der Waals surface area (Å²) in [6.45, 7) is 15.5. The van der Waals surface area contributed by atoms with Gasteiger partial charge in [0, 0.05) is 53.7 Å². The minimum absolute atomic E-state index is 0.00463. The maximum atomic E-state index is 14.3. The zero-order valence-corrected chi connectivity index (χ0v) is 46.6. The highest BCUT2D eigenvalue weighted by Crippen LogP contribution is 2.29. The molecule has 1 aromatic rings. The number of aliphatic hydroxyl groups is 1. The Morgan fingerprint density at radius 1 is 0.797 bits per heavy atom. The number of carbonyl (C=O) groups excluding carboxylic acids is 7. The molecule has 20 nitrogen and oxygen atoms in total. The topological polar surface area (TPSA) is 250 Å². The molecule has 1 aliphatic rings. The van der Waals surface area contributed by atoms with Gasteiger partial charge < -0.3 is 59.7 Å². The number of ether oxygens (including phenoxy) is 6. The molecular formula is C54H92N6O14. The number of nitrogens with one attached hydrogen (secondary N) is 4. The second-order valence-corrected chi connectivity index (χ2v) is 20.2. The van der Waals surface area contributed by atoms with Gasteiger partial charge in [-0.2, -0.15) is 0 Å². The average molecular weight is 1050 g/mol. The van der Waals surface area contributed by atoms with E-state index >= 15 is 0 Å². The van der Waals surface area contributed by atoms with Crippen LogP contribution in [-0.2, 0) is 68.4 Å². The normalized spacial score (nSPS) is 17.8. The van der Waals surface area contributed by atoms with Crippen LogP contribution < -0.4 is 21.3 Å². The Hall–Kier alpha value is -4.73. The first-order chi connectivity index (χ1) is 35.2. The third-order valence-electron chi connectivity index (χ3n) is 13.7. The highest BCUT2D eigenvalue weighted by molar-refractivity contribution is 5.90. The Kier molecular flexibility index (Phi) is 30.7. The van der Waals surface area contributed by atoms with Crippen molar-refractivity contribution in [3.63, 3.8) is 0 Å². The highest BCUT2D eigenvalue weighted by Gasteiger charge is 2.42. The van der Waals surface area contributed by atoms with E-state index in [2.05, 4.69) is 21.3 Å². The molecule has 5 N–H and O–H groups in total. The van der Waals surface area contributed by atoms with Crippen LogP contribution in [0.2, 0.25) is 0 Å². The minimum Gasteiger partial charge on any atom is -0.464 e. The summed E-state index contributed by atoms with van der Waals surface area (Å²) in [5.74, 6) is -3.86. The molecule has 0 radical (unpaired) electrons. The first kappa shape index (κ1) is 65.4. The zero-order valence-electron chi connectivity index (χ0n) is 46.6. The smallest absolute Gasteiger partial charge is 0.328 e. The van der Waals surface area contributed by atoms with Crippen LogP contribution in [0, 0.1) is 23.7 Å². The molecule has 5 amide bonds. The molecule has 0 aromatic heterocycles. The van der Waals surface area contributed by atoms with Crippen LogP contribution in [0.4, 0.5) is 0 Å². The van der Waals surface area contributed by atoms with E-state index in [1.165, 1.54) is 21.3 Å². The molecule has 2 rings (SSSR count). The van der Waals surface area contributed by atoms with Gasteiger partial charge in [0.05, 0.1) is 62.0 Å². The number of hydrogen-bond acceptors (Lipinski definition) is 15. The van der Waals surface area contributed by atoms with Crippen LogP contribution in [0.5, 0.6) is 0 Å². The van der Waals surface area contributed by atoms with Crippen molar-refractivity contribution in [3.8, 4) is 0 Å². The molecule has 1 heterocycles. The molecule has 0 spiro atoms. The van der Waals surface area contributed by atoms with Crippen LogP contribution in [0.1, 0.15) is 119 Å². The number of likely N-dealkylation sites (tertiary alicyclic amines) is 1. The van der Waals surface area contributed by atoms with Gasteiger partial charge in [-0.1, -0.05) is 92.1 Å². The first-order valence-corrected chi connectivity index (χ1v) is 26.5. The number of benzene rings is 1. The quantitative estimate of drug-likeness (QED) is 0.0367. The molecule has 2 unspecified atom stereocenters. The van der Waals surface area contributed by atoms with E-state index in [0.29, 0.717) is 38.6 Å². The van der Waals surface area contributed by atoms with Crippen LogP contribution in [-0.4, -0.2) is 180 Å². The predicted octanol–water partition coefficient (Wildman–Crippen LogP) is 3.54. The standard InChI is InChI=1S/C54H92N6O14/c1-14-36(7)48(58-52(66)47(34(3)4)57-53(67)49(35(5)6)59(9)10)42(69-11)31-44(63)60-28-20-24-41(60)50(71-13)37(8)51(65)56-40(30-38-22-17-16-18-23-38)54(68)72-29-21-27-55-43(62)25-19-26-45(64)73-33-46(70-12)74-39(15-2)32-61/h16-18,22-23,34-37,39-42,46-50,61H,14-15,19-21,24-33H2,1-13H3,(H,55,62)(H,56,65)(H,57,67)(H,58,66)/t36-,37+,39?,40-,41-,42+,46?,47-,48-,49-,50+/m0/s1. The van der Waals surface area contributed by atoms with Crippen LogP contribution in [0.3, 0.4) is 0 Å². The minimum atomic E-state index is -1.06. The van der Waals surface area contributed by atoms with Crippen molar-refractivity contribution < 1.29 is 67.1 Å². The van der Waals surface area contributed by atoms with E-state index in [-0.39, 0.29) is 99.9 Å². The molecule has 0 bridgehead atoms. The molecule has 1 fully saturated rings. The number of hydrogen-bond donors (Lipinski definition) is 5. The maximum absolute atomic E-state index is 14.3. The van der Waals surface area contributed by atoms with Gasteiger partial charge in [0.2, 0.25) is 29.5 Å². The molecule has 0 aliphatic carbocycles. The highest BCUT2D eigenvalue weighted by atomic mass is 16.7. The summed E-state index contributed by atoms with van der Waals surface area (Å²) in [5.41, 5.74) is 0.793. The molecule has 11 atom stereocenters. The van der Waals surface area contributed by atoms with E-state index in [1.54, 1.807) is 11.8 Å². The number of nitrogens with zero attached hydrogens (tertiary/aromatic N) is 2. The summed E-state index contributed by atoms with van der Waals surface area (Å²) in [6.07, 6.45) is 0.484. The largest absolute Gasteiger partial charge is 0.464 e. The van der Waals surface area contributed by atoms with E-state index in [4.69, 9.17) is 28.4 Å². The van der Waals surface area contributed by atoms with Crippen molar-refractivity contribution in [2.24, 2.45) is 23.7 Å². The number of carbonyl (C=O) groups is 7. The van der Waals surface area contributed by atoms with Gasteiger partial charge in [-0.3, -0.25) is 33.7 Å². The number of aliphatic hydroxyl groups excluding tert-OH is 1. The van der Waals surface area contributed by atoms with Gasteiger partial charge in [-0.15, -0.1) is 0 Å². The molecule has 1 aliphatic heterocycles. The predicted molar refractivity (Wildman–Crippen MR) is 279 cm³/mol. The molecule has 0 saturated carbocycles. The number of likely N-dealkylation sites (N-methyl/N-ethyl adjacent to an activating group) is 1. The molecule has 1 saturated heterocycles. The van der Waals surface area contributed by atoms with Gasteiger partial charge >= 0.3 is 11.9 Å². The fourth-order valence-electron chi connectivity index (χ4n) is 9.23. The summed E-state index contributed by atoms with van der Waals surface area (Å²) in [6, 6.07) is 5.84. The summed E-state index contributed by atoms with van der Waals surface area (Å²) >= 11 is 0. The van der Waals surface area contributed by atoms with Crippen LogP contribution in [0.15, 0.2) is 30.3 Å². The average Bonchev–Trinajstić information content (AvgIpc) is 3.86. The Balaban J connectivity index is 2.07. The number of rotatable bonds is 36. The lowest BCUT2D eigenvalue weighted by Crippen LogP contribution is -2.59. The van der Waals surface area contributed by atoms with Gasteiger partial charge in [-0.05, 0) is 69.5 Å². The van der Waals surface area contributed by atoms with Crippen LogP contribution in [0.25, 0.3) is 0 Å². The van der Waals surface area contributed by atoms with Crippen molar-refractivity contribution in [2.45, 2.75) is 174 Å². The van der Waals surface area contributed by atoms with Gasteiger partial charge in [0.25, 0.3) is 0 Å². The van der Waals surface area contributed by atoms with Gasteiger partial charge in [0.1, 0.15) is 18.7 Å². The Labute approximate surface area is 440 Å². The fourth-order valence-corrected chi connectivity index (χ4v) is 9.23. The lowest BCUT2D eigenvalue weighted by Gasteiger charge is -2.37. The lowest BCUT2D eigenvalue weighted by atomic mass is 9.90. The van der Waals surface area contributed by atoms with Crippen molar-refractivity contribution in [3.05, 3.63) is 35.9 Å². The summed E-state index contributed by atoms with van der Waals surface area (Å²) in [5, 5.41) is 21.1. The van der Waals surface area contributed by atoms with Crippen molar-refractivity contribution in [1.29, 1.82) is 0 Å². The molecular weight excluding hydrogens is 957 g/mol. The summed E-state index contributed by atoms with van der Waals surface area (Å²) in [4.78, 5) is 97.8. The third kappa shape index (κ3) is 21.9. The number of methoxy groups -OCH3 is 3. The molecule has 20 heteroatoms. The molecule has 74 heavy (non-hydrogen) atoms. The van der Waals surface area contributed by atoms with E-state index < -0.39 is 78.6 Å². The second-order valence-electron chi connectivity index (χ2n) is 20.2. The Morgan fingerprint density at radius 2 is 1.49 bits per heavy atom. The first-order valence-electron chi connectivity index (χ1n) is 26.5. The van der Waals surface area contributed by atoms with Crippen molar-refractivity contribution >= 4 is 41.5 Å². The lowest BCUT2D eigenvalue weighted by molar-refractivity contribution is -0.194. The SMILES string of the molecule is CCC(CO)OC(COC(=O)CCCC(=O)NCCCOC(=O)[C@H](Cc1ccccc1)NC(=O)[C@H](C)[C@@H](OC)[C@@H]1CCCN1C(=O)C[C@@H](OC)[C@@H](NC(=O)[C@@H](NC(=O)[C@H](C(C)C)N(C)C)C(C)C)[C@@H](C)CC)OC. The summed E-state index contributed by atoms with van der Waals surface area (Å²) in [7, 11) is 8.08. The monoisotopic (exact) mass is 1050 g/mol. The molecule has 1 aromatic carbocycles. The van der Waals surface area contributed by atoms with Crippen LogP contribution >= 0.6 is 0 Å².